The van der Waals surface area contributed by atoms with Crippen molar-refractivity contribution in [3.8, 4) is 0 Å². The first-order chi connectivity index (χ1) is 8.27. The van der Waals surface area contributed by atoms with E-state index in [2.05, 4.69) is 27.6 Å². The van der Waals surface area contributed by atoms with E-state index in [1.165, 1.54) is 0 Å². The van der Waals surface area contributed by atoms with Gasteiger partial charge in [0.25, 0.3) is 0 Å². The molecule has 3 N–H and O–H groups in total. The normalized spacial score (nSPS) is 12.9. The third-order valence-electron chi connectivity index (χ3n) is 2.66. The summed E-state index contributed by atoms with van der Waals surface area (Å²) in [7, 11) is 1.93. The quantitative estimate of drug-likeness (QED) is 0.561. The van der Waals surface area contributed by atoms with E-state index in [0.29, 0.717) is 0 Å². The zero-order valence-electron chi connectivity index (χ0n) is 10.0. The second kappa shape index (κ2) is 5.07. The zero-order valence-corrected chi connectivity index (χ0v) is 10.0. The van der Waals surface area contributed by atoms with E-state index in [4.69, 9.17) is 5.84 Å². The van der Waals surface area contributed by atoms with E-state index in [1.54, 1.807) is 12.4 Å². The minimum Gasteiger partial charge on any atom is -0.336 e. The highest BCUT2D eigenvalue weighted by Crippen LogP contribution is 2.18. The molecule has 7 nitrogen and oxygen atoms in total. The molecule has 0 aromatic carbocycles. The monoisotopic (exact) mass is 235 g/mol. The lowest BCUT2D eigenvalue weighted by atomic mass is 10.2. The summed E-state index contributed by atoms with van der Waals surface area (Å²) in [6.07, 6.45) is 6.34. The smallest absolute Gasteiger partial charge is 0.133 e. The maximum atomic E-state index is 5.62. The predicted molar refractivity (Wildman–Crippen MR) is 62.7 cm³/mol. The number of aryl methyl sites for hydroxylation is 2. The second-order valence-corrected chi connectivity index (χ2v) is 3.88. The molecule has 0 amide bonds. The number of rotatable bonds is 5. The summed E-state index contributed by atoms with van der Waals surface area (Å²) in [6.45, 7) is 2.91. The van der Waals surface area contributed by atoms with Gasteiger partial charge < -0.3 is 4.57 Å². The Bertz CT molecular complexity index is 472. The third-order valence-corrected chi connectivity index (χ3v) is 2.66. The minimum absolute atomic E-state index is 0.198. The molecule has 0 fully saturated rings. The van der Waals surface area contributed by atoms with Gasteiger partial charge in [-0.05, 0) is 6.42 Å². The predicted octanol–water partition coefficient (Wildman–Crippen LogP) is -0.0257. The molecular weight excluding hydrogens is 218 g/mol. The van der Waals surface area contributed by atoms with Gasteiger partial charge in [0.15, 0.2) is 0 Å². The van der Waals surface area contributed by atoms with Crippen LogP contribution in [-0.4, -0.2) is 24.5 Å². The second-order valence-electron chi connectivity index (χ2n) is 3.88. The standard InChI is InChI=1S/C10H17N7/c1-3-5-17-8(7-13-15-17)9(14-11)10-12-4-6-16(10)2/h4,6-7,9,14H,3,5,11H2,1-2H3. The van der Waals surface area contributed by atoms with Crippen LogP contribution in [0.4, 0.5) is 0 Å². The Morgan fingerprint density at radius 1 is 1.53 bits per heavy atom. The average Bonchev–Trinajstić information content (AvgIpc) is 2.92. The molecule has 0 bridgehead atoms. The lowest BCUT2D eigenvalue weighted by Crippen LogP contribution is -2.32. The van der Waals surface area contributed by atoms with E-state index >= 15 is 0 Å². The molecule has 2 rings (SSSR count). The molecule has 1 unspecified atom stereocenters. The summed E-state index contributed by atoms with van der Waals surface area (Å²) < 4.78 is 3.77. The lowest BCUT2D eigenvalue weighted by Gasteiger charge is -2.16. The topological polar surface area (TPSA) is 86.6 Å². The van der Waals surface area contributed by atoms with Gasteiger partial charge in [-0.25, -0.2) is 15.1 Å². The fraction of sp³-hybridized carbons (Fsp3) is 0.500. The van der Waals surface area contributed by atoms with Crippen LogP contribution in [0.25, 0.3) is 0 Å². The molecule has 0 saturated heterocycles. The van der Waals surface area contributed by atoms with Gasteiger partial charge in [-0.3, -0.25) is 5.84 Å². The van der Waals surface area contributed by atoms with Gasteiger partial charge in [-0.2, -0.15) is 0 Å². The molecule has 0 aliphatic heterocycles. The summed E-state index contributed by atoms with van der Waals surface area (Å²) in [5.74, 6) is 6.46. The van der Waals surface area contributed by atoms with Crippen LogP contribution in [0.15, 0.2) is 18.6 Å². The maximum absolute atomic E-state index is 5.62. The number of hydrogen-bond donors (Lipinski definition) is 2. The van der Waals surface area contributed by atoms with E-state index in [9.17, 15) is 0 Å². The SMILES string of the molecule is CCCn1nncc1C(NN)c1nccn1C. The van der Waals surface area contributed by atoms with Crippen molar-refractivity contribution in [2.75, 3.05) is 0 Å². The molecule has 2 aromatic heterocycles. The third kappa shape index (κ3) is 2.20. The molecular formula is C10H17N7. The Morgan fingerprint density at radius 3 is 2.94 bits per heavy atom. The molecule has 2 heterocycles. The Balaban J connectivity index is 2.35. The average molecular weight is 235 g/mol. The molecule has 0 aliphatic rings. The summed E-state index contributed by atoms with van der Waals surface area (Å²) >= 11 is 0. The Morgan fingerprint density at radius 2 is 2.35 bits per heavy atom. The highest BCUT2D eigenvalue weighted by molar-refractivity contribution is 5.14. The van der Waals surface area contributed by atoms with E-state index < -0.39 is 0 Å². The van der Waals surface area contributed by atoms with Crippen LogP contribution in [0.1, 0.15) is 30.9 Å². The van der Waals surface area contributed by atoms with E-state index in [-0.39, 0.29) is 6.04 Å². The maximum Gasteiger partial charge on any atom is 0.133 e. The summed E-state index contributed by atoms with van der Waals surface area (Å²) in [4.78, 5) is 4.30. The largest absolute Gasteiger partial charge is 0.336 e. The lowest BCUT2D eigenvalue weighted by molar-refractivity contribution is 0.493. The van der Waals surface area contributed by atoms with Crippen molar-refractivity contribution >= 4 is 0 Å². The molecule has 0 saturated carbocycles. The first kappa shape index (κ1) is 11.7. The van der Waals surface area contributed by atoms with Gasteiger partial charge in [0.1, 0.15) is 11.9 Å². The number of hydrogen-bond acceptors (Lipinski definition) is 5. The number of imidazole rings is 1. The molecule has 0 aliphatic carbocycles. The Hall–Kier alpha value is -1.73. The van der Waals surface area contributed by atoms with E-state index in [0.717, 1.165) is 24.5 Å². The van der Waals surface area contributed by atoms with Crippen LogP contribution in [0, 0.1) is 0 Å². The van der Waals surface area contributed by atoms with Gasteiger partial charge in [0.05, 0.1) is 11.9 Å². The van der Waals surface area contributed by atoms with Crippen LogP contribution in [-0.2, 0) is 13.6 Å². The number of aromatic nitrogens is 5. The molecule has 1 atom stereocenters. The van der Waals surface area contributed by atoms with Crippen molar-refractivity contribution < 1.29 is 0 Å². The number of nitrogens with two attached hydrogens (primary N) is 1. The highest BCUT2D eigenvalue weighted by atomic mass is 15.4. The highest BCUT2D eigenvalue weighted by Gasteiger charge is 2.21. The summed E-state index contributed by atoms with van der Waals surface area (Å²) in [5, 5.41) is 7.98. The van der Waals surface area contributed by atoms with Gasteiger partial charge >= 0.3 is 0 Å². The number of nitrogens with one attached hydrogen (secondary N) is 1. The number of hydrazine groups is 1. The molecule has 17 heavy (non-hydrogen) atoms. The Labute approximate surface area is 99.6 Å². The van der Waals surface area contributed by atoms with Crippen LogP contribution in [0.5, 0.6) is 0 Å². The van der Waals surface area contributed by atoms with Gasteiger partial charge in [-0.1, -0.05) is 12.1 Å². The van der Waals surface area contributed by atoms with Crippen LogP contribution in [0.3, 0.4) is 0 Å². The first-order valence-corrected chi connectivity index (χ1v) is 5.59. The van der Waals surface area contributed by atoms with Crippen molar-refractivity contribution in [3.63, 3.8) is 0 Å². The van der Waals surface area contributed by atoms with Crippen molar-refractivity contribution in [2.24, 2.45) is 12.9 Å². The fourth-order valence-electron chi connectivity index (χ4n) is 1.82. The van der Waals surface area contributed by atoms with Crippen LogP contribution in [0.2, 0.25) is 0 Å². The minimum atomic E-state index is -0.198. The molecule has 0 spiro atoms. The zero-order chi connectivity index (χ0) is 12.3. The summed E-state index contributed by atoms with van der Waals surface area (Å²) in [6, 6.07) is -0.198. The van der Waals surface area contributed by atoms with Gasteiger partial charge in [0, 0.05) is 26.0 Å². The van der Waals surface area contributed by atoms with E-state index in [1.807, 2.05) is 22.5 Å². The summed E-state index contributed by atoms with van der Waals surface area (Å²) in [5.41, 5.74) is 3.68. The molecule has 92 valence electrons. The molecule has 0 radical (unpaired) electrons. The first-order valence-electron chi connectivity index (χ1n) is 5.59. The fourth-order valence-corrected chi connectivity index (χ4v) is 1.82. The van der Waals surface area contributed by atoms with Crippen molar-refractivity contribution in [3.05, 3.63) is 30.1 Å². The van der Waals surface area contributed by atoms with Crippen LogP contribution < -0.4 is 11.3 Å². The van der Waals surface area contributed by atoms with Crippen molar-refractivity contribution in [2.45, 2.75) is 25.9 Å². The van der Waals surface area contributed by atoms with Gasteiger partial charge in [0.2, 0.25) is 0 Å². The Kier molecular flexibility index (Phi) is 3.50. The van der Waals surface area contributed by atoms with Crippen molar-refractivity contribution in [1.82, 2.24) is 30.0 Å². The molecule has 7 heteroatoms. The van der Waals surface area contributed by atoms with Crippen LogP contribution >= 0.6 is 0 Å². The number of nitrogens with zero attached hydrogens (tertiary/aromatic N) is 5. The van der Waals surface area contributed by atoms with Crippen molar-refractivity contribution in [1.29, 1.82) is 0 Å². The van der Waals surface area contributed by atoms with Gasteiger partial charge in [-0.15, -0.1) is 5.10 Å². The molecule has 2 aromatic rings.